The van der Waals surface area contributed by atoms with E-state index in [-0.39, 0.29) is 5.91 Å². The van der Waals surface area contributed by atoms with Gasteiger partial charge in [-0.1, -0.05) is 42.5 Å². The molecule has 0 aliphatic carbocycles. The minimum atomic E-state index is 0.0272. The highest BCUT2D eigenvalue weighted by Gasteiger charge is 2.29. The van der Waals surface area contributed by atoms with Crippen LogP contribution in [-0.2, 0) is 6.54 Å². The van der Waals surface area contributed by atoms with Gasteiger partial charge < -0.3 is 9.64 Å². The van der Waals surface area contributed by atoms with Crippen molar-refractivity contribution in [1.29, 1.82) is 0 Å². The number of carbonyl (C=O) groups is 1. The number of hydrogen-bond acceptors (Lipinski definition) is 4. The fourth-order valence-corrected chi connectivity index (χ4v) is 4.12. The van der Waals surface area contributed by atoms with Crippen LogP contribution in [-0.4, -0.2) is 59.2 Å². The maximum atomic E-state index is 13.4. The van der Waals surface area contributed by atoms with Gasteiger partial charge in [0.2, 0.25) is 0 Å². The van der Waals surface area contributed by atoms with Gasteiger partial charge in [0, 0.05) is 31.2 Å². The van der Waals surface area contributed by atoms with Crippen molar-refractivity contribution < 1.29 is 9.53 Å². The van der Waals surface area contributed by atoms with E-state index in [4.69, 9.17) is 4.74 Å². The highest BCUT2D eigenvalue weighted by Crippen LogP contribution is 2.27. The average Bonchev–Trinajstić information content (AvgIpc) is 3.29. The first-order valence-electron chi connectivity index (χ1n) is 10.4. The lowest BCUT2D eigenvalue weighted by molar-refractivity contribution is 0.0603. The van der Waals surface area contributed by atoms with Gasteiger partial charge in [0.05, 0.1) is 24.6 Å². The maximum Gasteiger partial charge on any atom is 0.257 e. The van der Waals surface area contributed by atoms with E-state index < -0.39 is 0 Å². The lowest BCUT2D eigenvalue weighted by atomic mass is 10.0. The molecule has 0 saturated carbocycles. The summed E-state index contributed by atoms with van der Waals surface area (Å²) < 4.78 is 5.32. The fraction of sp³-hybridized carbons (Fsp3) is 0.333. The van der Waals surface area contributed by atoms with Crippen molar-refractivity contribution in [1.82, 2.24) is 20.0 Å². The van der Waals surface area contributed by atoms with Crippen LogP contribution >= 0.6 is 0 Å². The maximum absolute atomic E-state index is 13.4. The molecule has 3 aromatic rings. The SMILES string of the molecule is COc1cccc(-c2[nH]ncc2C(=O)N2CCC[C@H](N(C)Cc3ccccc3)C2)c1. The third kappa shape index (κ3) is 4.39. The summed E-state index contributed by atoms with van der Waals surface area (Å²) in [5.41, 5.74) is 3.52. The quantitative estimate of drug-likeness (QED) is 0.678. The second-order valence-electron chi connectivity index (χ2n) is 7.84. The Hall–Kier alpha value is -3.12. The first-order valence-corrected chi connectivity index (χ1v) is 10.4. The van der Waals surface area contributed by atoms with Crippen LogP contribution < -0.4 is 4.74 Å². The van der Waals surface area contributed by atoms with Gasteiger partial charge in [-0.2, -0.15) is 5.10 Å². The second-order valence-corrected chi connectivity index (χ2v) is 7.84. The van der Waals surface area contributed by atoms with E-state index in [2.05, 4.69) is 46.4 Å². The van der Waals surface area contributed by atoms with Crippen LogP contribution in [0, 0.1) is 0 Å². The molecule has 6 heteroatoms. The van der Waals surface area contributed by atoms with Gasteiger partial charge in [-0.05, 0) is 37.6 Å². The highest BCUT2D eigenvalue weighted by atomic mass is 16.5. The number of nitrogens with one attached hydrogen (secondary N) is 1. The summed E-state index contributed by atoms with van der Waals surface area (Å²) >= 11 is 0. The molecule has 0 spiro atoms. The third-order valence-corrected chi connectivity index (χ3v) is 5.81. The van der Waals surface area contributed by atoms with Crippen LogP contribution in [0.4, 0.5) is 0 Å². The summed E-state index contributed by atoms with van der Waals surface area (Å²) in [6.45, 7) is 2.39. The molecule has 1 fully saturated rings. The molecule has 2 heterocycles. The van der Waals surface area contributed by atoms with Crippen molar-refractivity contribution in [2.24, 2.45) is 0 Å². The Morgan fingerprint density at radius 1 is 1.23 bits per heavy atom. The molecule has 1 aliphatic rings. The van der Waals surface area contributed by atoms with Crippen molar-refractivity contribution >= 4 is 5.91 Å². The zero-order chi connectivity index (χ0) is 20.9. The second kappa shape index (κ2) is 9.13. The van der Waals surface area contributed by atoms with Crippen molar-refractivity contribution in [3.8, 4) is 17.0 Å². The van der Waals surface area contributed by atoms with Gasteiger partial charge in [-0.25, -0.2) is 0 Å². The van der Waals surface area contributed by atoms with Crippen molar-refractivity contribution in [2.45, 2.75) is 25.4 Å². The Balaban J connectivity index is 1.48. The Bertz CT molecular complexity index is 986. The number of benzene rings is 2. The molecule has 1 aromatic heterocycles. The molecule has 0 unspecified atom stereocenters. The summed E-state index contributed by atoms with van der Waals surface area (Å²) in [5, 5.41) is 7.15. The summed E-state index contributed by atoms with van der Waals surface area (Å²) in [6, 6.07) is 18.5. The first-order chi connectivity index (χ1) is 14.7. The van der Waals surface area contributed by atoms with Gasteiger partial charge in [0.15, 0.2) is 0 Å². The van der Waals surface area contributed by atoms with E-state index in [9.17, 15) is 4.79 Å². The molecule has 6 nitrogen and oxygen atoms in total. The van der Waals surface area contributed by atoms with Crippen molar-refractivity contribution in [3.05, 3.63) is 71.9 Å². The minimum Gasteiger partial charge on any atom is -0.497 e. The Labute approximate surface area is 177 Å². The predicted molar refractivity (Wildman–Crippen MR) is 117 cm³/mol. The van der Waals surface area contributed by atoms with E-state index in [0.29, 0.717) is 11.6 Å². The molecular weight excluding hydrogens is 376 g/mol. The number of aromatic nitrogens is 2. The number of nitrogens with zero attached hydrogens (tertiary/aromatic N) is 3. The van der Waals surface area contributed by atoms with Crippen LogP contribution in [0.2, 0.25) is 0 Å². The molecule has 0 radical (unpaired) electrons. The molecule has 1 N–H and O–H groups in total. The van der Waals surface area contributed by atoms with Crippen LogP contribution in [0.1, 0.15) is 28.8 Å². The third-order valence-electron chi connectivity index (χ3n) is 5.81. The molecule has 1 atom stereocenters. The Morgan fingerprint density at radius 2 is 2.07 bits per heavy atom. The van der Waals surface area contributed by atoms with Crippen LogP contribution in [0.25, 0.3) is 11.3 Å². The molecule has 156 valence electrons. The molecule has 2 aromatic carbocycles. The molecule has 4 rings (SSSR count). The van der Waals surface area contributed by atoms with Gasteiger partial charge >= 0.3 is 0 Å². The number of carbonyl (C=O) groups excluding carboxylic acids is 1. The number of amides is 1. The van der Waals surface area contributed by atoms with Crippen molar-refractivity contribution in [3.63, 3.8) is 0 Å². The smallest absolute Gasteiger partial charge is 0.257 e. The van der Waals surface area contributed by atoms with E-state index in [0.717, 1.165) is 49.5 Å². The van der Waals surface area contributed by atoms with Gasteiger partial charge in [-0.15, -0.1) is 0 Å². The fourth-order valence-electron chi connectivity index (χ4n) is 4.12. The molecule has 1 aliphatic heterocycles. The van der Waals surface area contributed by atoms with Crippen LogP contribution in [0.15, 0.2) is 60.8 Å². The number of aromatic amines is 1. The number of methoxy groups -OCH3 is 1. The average molecular weight is 405 g/mol. The zero-order valence-electron chi connectivity index (χ0n) is 17.5. The monoisotopic (exact) mass is 404 g/mol. The van der Waals surface area contributed by atoms with Gasteiger partial charge in [0.25, 0.3) is 5.91 Å². The summed E-state index contributed by atoms with van der Waals surface area (Å²) in [7, 11) is 3.78. The lowest BCUT2D eigenvalue weighted by Gasteiger charge is -2.37. The lowest BCUT2D eigenvalue weighted by Crippen LogP contribution is -2.48. The summed E-state index contributed by atoms with van der Waals surface area (Å²) in [5.74, 6) is 0.778. The van der Waals surface area contributed by atoms with E-state index >= 15 is 0 Å². The molecule has 0 bridgehead atoms. The van der Waals surface area contributed by atoms with E-state index in [1.807, 2.05) is 35.2 Å². The van der Waals surface area contributed by atoms with Crippen molar-refractivity contribution in [2.75, 3.05) is 27.2 Å². The van der Waals surface area contributed by atoms with Crippen LogP contribution in [0.5, 0.6) is 5.75 Å². The molecule has 1 amide bonds. The Morgan fingerprint density at radius 3 is 2.87 bits per heavy atom. The minimum absolute atomic E-state index is 0.0272. The Kier molecular flexibility index (Phi) is 6.14. The summed E-state index contributed by atoms with van der Waals surface area (Å²) in [4.78, 5) is 17.7. The topological polar surface area (TPSA) is 61.5 Å². The first kappa shape index (κ1) is 20.2. The number of H-pyrrole nitrogens is 1. The molecule has 1 saturated heterocycles. The van der Waals surface area contributed by atoms with Gasteiger partial charge in [0.1, 0.15) is 5.75 Å². The number of ether oxygens (including phenoxy) is 1. The highest BCUT2D eigenvalue weighted by molar-refractivity contribution is 5.99. The van der Waals surface area contributed by atoms with E-state index in [1.165, 1.54) is 5.56 Å². The number of likely N-dealkylation sites (tertiary alicyclic amines) is 1. The number of likely N-dealkylation sites (N-methyl/N-ethyl adjacent to an activating group) is 1. The molecular formula is C24H28N4O2. The zero-order valence-corrected chi connectivity index (χ0v) is 17.5. The number of piperidine rings is 1. The normalized spacial score (nSPS) is 16.6. The summed E-state index contributed by atoms with van der Waals surface area (Å²) in [6.07, 6.45) is 3.73. The number of hydrogen-bond donors (Lipinski definition) is 1. The van der Waals surface area contributed by atoms with Crippen LogP contribution in [0.3, 0.4) is 0 Å². The molecule has 30 heavy (non-hydrogen) atoms. The predicted octanol–water partition coefficient (Wildman–Crippen LogP) is 3.82. The number of rotatable bonds is 6. The van der Waals surface area contributed by atoms with Gasteiger partial charge in [-0.3, -0.25) is 14.8 Å². The van der Waals surface area contributed by atoms with E-state index in [1.54, 1.807) is 13.3 Å². The largest absolute Gasteiger partial charge is 0.497 e. The standard InChI is InChI=1S/C24H28N4O2/c1-27(16-18-8-4-3-5-9-18)20-11-7-13-28(17-20)24(29)22-15-25-26-23(22)19-10-6-12-21(14-19)30-2/h3-6,8-10,12,14-15,20H,7,11,13,16-17H2,1-2H3,(H,25,26)/t20-/m0/s1.